The fourth-order valence-corrected chi connectivity index (χ4v) is 0.659. The van der Waals surface area contributed by atoms with Crippen LogP contribution in [0.1, 0.15) is 29.2 Å². The van der Waals surface area contributed by atoms with E-state index in [0.717, 1.165) is 0 Å². The standard InChI is InChI=1S/2C4H9NO4S.Ca/c2*6-4-5-2-1-3-10(7,8)9;/h2*4H,1-3H2,(H,5,6)(H,7,8,9);/q;;+2/p-2/i2*1D2,2D2,3D2;. The normalized spacial score (nSPS) is 23.0. The number of hydrogen-bond donors (Lipinski definition) is 2. The monoisotopic (exact) mass is 384 g/mol. The van der Waals surface area contributed by atoms with Gasteiger partial charge >= 0.3 is 37.7 Å². The Bertz CT molecular complexity index is 836. The molecule has 13 heteroatoms. The fourth-order valence-electron chi connectivity index (χ4n) is 0.307. The van der Waals surface area contributed by atoms with Crippen molar-refractivity contribution in [3.63, 3.8) is 0 Å². The van der Waals surface area contributed by atoms with E-state index >= 15 is 0 Å². The van der Waals surface area contributed by atoms with Gasteiger partial charge in [0.05, 0.1) is 20.2 Å². The summed E-state index contributed by atoms with van der Waals surface area (Å²) in [5.41, 5.74) is -8.06. The number of carbonyl (C=O) groups excluding carboxylic acids is 2. The third-order valence-corrected chi connectivity index (χ3v) is 1.44. The smallest absolute Gasteiger partial charge is 0.748 e. The van der Waals surface area contributed by atoms with Gasteiger partial charge in [-0.2, -0.15) is 0 Å². The van der Waals surface area contributed by atoms with Crippen LogP contribution in [0.4, 0.5) is 0 Å². The summed E-state index contributed by atoms with van der Waals surface area (Å²) >= 11 is 0. The second-order valence-corrected chi connectivity index (χ2v) is 4.36. The number of nitrogens with one attached hydrogen (secondary N) is 2. The van der Waals surface area contributed by atoms with Gasteiger partial charge in [-0.3, -0.25) is 9.59 Å². The van der Waals surface area contributed by atoms with Crippen LogP contribution in [0.5, 0.6) is 0 Å². The van der Waals surface area contributed by atoms with Gasteiger partial charge in [0.1, 0.15) is 0 Å². The molecule has 120 valence electrons. The molecule has 0 aromatic heterocycles. The fraction of sp³-hybridized carbons (Fsp3) is 0.750. The quantitative estimate of drug-likeness (QED) is 0.227. The number of amides is 2. The molecule has 0 atom stereocenters. The average Bonchev–Trinajstić information content (AvgIpc) is 2.52. The Morgan fingerprint density at radius 2 is 1.14 bits per heavy atom. The van der Waals surface area contributed by atoms with Gasteiger partial charge in [-0.1, -0.05) is 0 Å². The van der Waals surface area contributed by atoms with Crippen LogP contribution in [0.3, 0.4) is 0 Å². The van der Waals surface area contributed by atoms with E-state index in [1.54, 1.807) is 0 Å². The van der Waals surface area contributed by atoms with E-state index < -0.39 is 57.4 Å². The summed E-state index contributed by atoms with van der Waals surface area (Å²) in [6, 6.07) is 0. The van der Waals surface area contributed by atoms with E-state index in [9.17, 15) is 35.5 Å². The topological polar surface area (TPSA) is 173 Å². The minimum atomic E-state index is -5.75. The van der Waals surface area contributed by atoms with E-state index in [0.29, 0.717) is 0 Å². The average molecular weight is 385 g/mol. The molecule has 0 saturated heterocycles. The molecule has 0 unspecified atom stereocenters. The predicted molar refractivity (Wildman–Crippen MR) is 72.2 cm³/mol. The Hall–Kier alpha value is 0.0197. The van der Waals surface area contributed by atoms with Crippen molar-refractivity contribution in [1.29, 1.82) is 0 Å². The van der Waals surface area contributed by atoms with Gasteiger partial charge in [-0.05, 0) is 12.7 Å². The number of hydrogen-bond acceptors (Lipinski definition) is 8. The molecule has 0 rings (SSSR count). The molecule has 0 saturated carbocycles. The Labute approximate surface area is 170 Å². The Kier molecular flexibility index (Phi) is 6.65. The van der Waals surface area contributed by atoms with E-state index in [1.807, 2.05) is 0 Å². The largest absolute Gasteiger partial charge is 2.00 e. The maximum Gasteiger partial charge on any atom is 2.00 e. The van der Waals surface area contributed by atoms with Crippen LogP contribution in [-0.2, 0) is 29.8 Å². The van der Waals surface area contributed by atoms with Gasteiger partial charge in [0, 0.05) is 40.9 Å². The molecule has 0 radical (unpaired) electrons. The molecule has 0 fully saturated rings. The Balaban J connectivity index is -0.000000529. The molecule has 0 heterocycles. The molecule has 2 N–H and O–H groups in total. The zero-order valence-corrected chi connectivity index (χ0v) is 13.8. The molecule has 0 aliphatic rings. The van der Waals surface area contributed by atoms with E-state index in [2.05, 4.69) is 0 Å². The summed E-state index contributed by atoms with van der Waals surface area (Å²) in [5.74, 6) is 0. The van der Waals surface area contributed by atoms with Crippen LogP contribution in [0.2, 0.25) is 0 Å². The van der Waals surface area contributed by atoms with E-state index in [-0.39, 0.29) is 50.6 Å². The van der Waals surface area contributed by atoms with E-state index in [1.165, 1.54) is 10.6 Å². The summed E-state index contributed by atoms with van der Waals surface area (Å²) in [4.78, 5) is 20.0. The number of rotatable bonds is 10. The third-order valence-electron chi connectivity index (χ3n) is 0.739. The maximum atomic E-state index is 10.5. The van der Waals surface area contributed by atoms with Crippen molar-refractivity contribution in [3.05, 3.63) is 0 Å². The molecule has 0 aliphatic heterocycles. The summed E-state index contributed by atoms with van der Waals surface area (Å²) in [5, 5.41) is 2.55. The minimum Gasteiger partial charge on any atom is -0.748 e. The zero-order valence-electron chi connectivity index (χ0n) is 21.9. The first-order chi connectivity index (χ1) is 13.6. The molecule has 10 nitrogen and oxygen atoms in total. The predicted octanol–water partition coefficient (Wildman–Crippen LogP) is -3.05. The number of carbonyl (C=O) groups is 2. The first-order valence-corrected chi connectivity index (χ1v) is 6.77. The van der Waals surface area contributed by atoms with Crippen LogP contribution in [-0.4, -0.2) is 101 Å². The van der Waals surface area contributed by atoms with Crippen molar-refractivity contribution in [3.8, 4) is 0 Å². The Morgan fingerprint density at radius 3 is 1.33 bits per heavy atom. The van der Waals surface area contributed by atoms with Crippen molar-refractivity contribution >= 4 is 70.8 Å². The Morgan fingerprint density at radius 1 is 0.857 bits per heavy atom. The van der Waals surface area contributed by atoms with Gasteiger partial charge in [-0.25, -0.2) is 16.8 Å². The van der Waals surface area contributed by atoms with Crippen LogP contribution in [0.15, 0.2) is 0 Å². The molecule has 0 aromatic rings. The second kappa shape index (κ2) is 14.9. The van der Waals surface area contributed by atoms with Crippen LogP contribution in [0.25, 0.3) is 0 Å². The summed E-state index contributed by atoms with van der Waals surface area (Å²) in [6.45, 7) is -6.70. The van der Waals surface area contributed by atoms with Crippen LogP contribution < -0.4 is 10.6 Å². The van der Waals surface area contributed by atoms with Crippen LogP contribution in [0, 0.1) is 0 Å². The zero-order chi connectivity index (χ0) is 26.8. The molecule has 0 aliphatic carbocycles. The molecule has 21 heavy (non-hydrogen) atoms. The summed E-state index contributed by atoms with van der Waals surface area (Å²) < 4.78 is 146. The van der Waals surface area contributed by atoms with E-state index in [4.69, 9.17) is 16.4 Å². The van der Waals surface area contributed by atoms with Crippen molar-refractivity contribution in [2.24, 2.45) is 0 Å². The SMILES string of the molecule is [2H]C([2H])(NC=O)C([2H])([2H])C([2H])([2H])S(=O)(=O)[O-].[2H]C([2H])(NC=O)C([2H])([2H])C([2H])([2H])S(=O)(=O)[O-].[Ca+2]. The molecule has 0 aromatic carbocycles. The summed E-state index contributed by atoms with van der Waals surface area (Å²) in [6.07, 6.45) is -8.04. The van der Waals surface area contributed by atoms with Gasteiger partial charge in [0.2, 0.25) is 12.8 Å². The van der Waals surface area contributed by atoms with Crippen molar-refractivity contribution in [1.82, 2.24) is 10.6 Å². The third kappa shape index (κ3) is 33.1. The maximum absolute atomic E-state index is 10.5. The molecule has 0 bridgehead atoms. The first-order valence-electron chi connectivity index (χ1n) is 9.96. The van der Waals surface area contributed by atoms with Crippen molar-refractivity contribution in [2.75, 3.05) is 24.4 Å². The van der Waals surface area contributed by atoms with Crippen molar-refractivity contribution < 1.29 is 52.0 Å². The van der Waals surface area contributed by atoms with Gasteiger partial charge in [-0.15, -0.1) is 0 Å². The van der Waals surface area contributed by atoms with Crippen molar-refractivity contribution in [2.45, 2.75) is 12.7 Å². The minimum absolute atomic E-state index is 0. The summed E-state index contributed by atoms with van der Waals surface area (Å²) in [7, 11) is -11.5. The molecular formula is C8H16CaN2O8S2. The molecule has 2 amide bonds. The second-order valence-electron chi connectivity index (χ2n) is 2.14. The molecular weight excluding hydrogens is 356 g/mol. The van der Waals surface area contributed by atoms with Crippen LogP contribution >= 0.6 is 0 Å². The van der Waals surface area contributed by atoms with Gasteiger partial charge in [0.25, 0.3) is 0 Å². The molecule has 0 spiro atoms. The van der Waals surface area contributed by atoms with Gasteiger partial charge < -0.3 is 19.7 Å². The van der Waals surface area contributed by atoms with Gasteiger partial charge in [0.15, 0.2) is 0 Å². The first kappa shape index (κ1) is 9.35.